The van der Waals surface area contributed by atoms with Gasteiger partial charge in [0.05, 0.1) is 0 Å². The second-order valence-corrected chi connectivity index (χ2v) is 5.41. The van der Waals surface area contributed by atoms with Crippen LogP contribution in [-0.4, -0.2) is 24.6 Å². The lowest BCUT2D eigenvalue weighted by atomic mass is 9.96. The molecule has 0 aromatic heterocycles. The number of rotatable bonds is 5. The Balaban J connectivity index is 3.58. The minimum atomic E-state index is 0.409. The molecule has 1 nitrogen and oxygen atoms in total. The van der Waals surface area contributed by atoms with Gasteiger partial charge in [-0.3, -0.25) is 0 Å². The summed E-state index contributed by atoms with van der Waals surface area (Å²) in [6.45, 7) is 10.2. The quantitative estimate of drug-likeness (QED) is 0.714. The Labute approximate surface area is 81.7 Å². The lowest BCUT2D eigenvalue weighted by Crippen LogP contribution is -2.36. The fourth-order valence-corrected chi connectivity index (χ4v) is 1.73. The first-order valence-corrected chi connectivity index (χ1v) is 6.11. The van der Waals surface area contributed by atoms with Crippen LogP contribution in [-0.2, 0) is 0 Å². The van der Waals surface area contributed by atoms with Gasteiger partial charge in [-0.05, 0) is 18.1 Å². The van der Waals surface area contributed by atoms with Crippen LogP contribution in [0.1, 0.15) is 34.1 Å². The predicted molar refractivity (Wildman–Crippen MR) is 59.9 cm³/mol. The third-order valence-corrected chi connectivity index (χ3v) is 2.52. The van der Waals surface area contributed by atoms with Crippen molar-refractivity contribution in [2.75, 3.05) is 18.6 Å². The first-order chi connectivity index (χ1) is 5.49. The van der Waals surface area contributed by atoms with E-state index in [1.165, 1.54) is 12.2 Å². The van der Waals surface area contributed by atoms with Gasteiger partial charge < -0.3 is 5.32 Å². The zero-order valence-electron chi connectivity index (χ0n) is 9.11. The van der Waals surface area contributed by atoms with Gasteiger partial charge in [-0.1, -0.05) is 27.7 Å². The molecule has 0 saturated carbocycles. The highest BCUT2D eigenvalue weighted by atomic mass is 32.2. The summed E-state index contributed by atoms with van der Waals surface area (Å²) in [5.41, 5.74) is 0.409. The Hall–Kier alpha value is 0.310. The molecule has 0 heterocycles. The number of hydrogen-bond donors (Lipinski definition) is 1. The maximum atomic E-state index is 3.59. The van der Waals surface area contributed by atoms with Gasteiger partial charge >= 0.3 is 0 Å². The van der Waals surface area contributed by atoms with Crippen molar-refractivity contribution >= 4 is 11.8 Å². The van der Waals surface area contributed by atoms with E-state index in [0.29, 0.717) is 11.5 Å². The molecule has 0 spiro atoms. The maximum absolute atomic E-state index is 3.59. The molecule has 0 radical (unpaired) electrons. The smallest absolute Gasteiger partial charge is 0.0155 e. The normalized spacial score (nSPS) is 14.8. The highest BCUT2D eigenvalue weighted by molar-refractivity contribution is 7.98. The molecule has 2 heteroatoms. The van der Waals surface area contributed by atoms with Crippen LogP contribution in [0, 0.1) is 5.41 Å². The zero-order chi connectivity index (χ0) is 9.61. The third kappa shape index (κ3) is 6.99. The lowest BCUT2D eigenvalue weighted by Gasteiger charge is -2.23. The Morgan fingerprint density at radius 3 is 2.25 bits per heavy atom. The van der Waals surface area contributed by atoms with Gasteiger partial charge in [0.15, 0.2) is 0 Å². The van der Waals surface area contributed by atoms with E-state index in [4.69, 9.17) is 0 Å². The second kappa shape index (κ2) is 5.87. The standard InChI is InChI=1S/C10H23NS/c1-6-9(7-12-5)11-8-10(2,3)4/h9,11H,6-8H2,1-5H3. The first kappa shape index (κ1) is 12.3. The molecule has 0 bridgehead atoms. The summed E-state index contributed by atoms with van der Waals surface area (Å²) in [4.78, 5) is 0. The molecule has 0 aromatic carbocycles. The molecular formula is C10H23NS. The molecule has 0 fully saturated rings. The van der Waals surface area contributed by atoms with Gasteiger partial charge in [0.2, 0.25) is 0 Å². The van der Waals surface area contributed by atoms with E-state index in [1.54, 1.807) is 0 Å². The molecule has 12 heavy (non-hydrogen) atoms. The lowest BCUT2D eigenvalue weighted by molar-refractivity contribution is 0.356. The molecule has 1 atom stereocenters. The molecule has 0 aliphatic carbocycles. The van der Waals surface area contributed by atoms with Crippen LogP contribution in [0.15, 0.2) is 0 Å². The van der Waals surface area contributed by atoms with Crippen LogP contribution in [0.5, 0.6) is 0 Å². The summed E-state index contributed by atoms with van der Waals surface area (Å²) in [5, 5.41) is 3.59. The second-order valence-electron chi connectivity index (χ2n) is 4.50. The fourth-order valence-electron chi connectivity index (χ4n) is 0.973. The van der Waals surface area contributed by atoms with Gasteiger partial charge in [0, 0.05) is 18.3 Å². The Morgan fingerprint density at radius 2 is 1.92 bits per heavy atom. The molecule has 0 aromatic rings. The molecule has 0 rings (SSSR count). The Morgan fingerprint density at radius 1 is 1.33 bits per heavy atom. The summed E-state index contributed by atoms with van der Waals surface area (Å²) < 4.78 is 0. The van der Waals surface area contributed by atoms with E-state index >= 15 is 0 Å². The van der Waals surface area contributed by atoms with Crippen molar-refractivity contribution in [1.82, 2.24) is 5.32 Å². The SMILES string of the molecule is CCC(CSC)NCC(C)(C)C. The summed E-state index contributed by atoms with van der Waals surface area (Å²) in [7, 11) is 0. The Bertz CT molecular complexity index is 107. The van der Waals surface area contributed by atoms with Gasteiger partial charge in [-0.25, -0.2) is 0 Å². The van der Waals surface area contributed by atoms with Crippen LogP contribution in [0.25, 0.3) is 0 Å². The molecule has 74 valence electrons. The van der Waals surface area contributed by atoms with Gasteiger partial charge in [0.1, 0.15) is 0 Å². The average Bonchev–Trinajstić information content (AvgIpc) is 1.96. The zero-order valence-corrected chi connectivity index (χ0v) is 9.92. The van der Waals surface area contributed by atoms with Crippen molar-refractivity contribution in [3.8, 4) is 0 Å². The molecule has 0 amide bonds. The average molecular weight is 189 g/mol. The number of nitrogens with one attached hydrogen (secondary N) is 1. The molecular weight excluding hydrogens is 166 g/mol. The Kier molecular flexibility index (Phi) is 6.02. The van der Waals surface area contributed by atoms with E-state index in [1.807, 2.05) is 11.8 Å². The van der Waals surface area contributed by atoms with Gasteiger partial charge in [0.25, 0.3) is 0 Å². The van der Waals surface area contributed by atoms with Crippen LogP contribution < -0.4 is 5.32 Å². The van der Waals surface area contributed by atoms with Crippen LogP contribution in [0.4, 0.5) is 0 Å². The third-order valence-electron chi connectivity index (χ3n) is 1.78. The van der Waals surface area contributed by atoms with Crippen LogP contribution in [0.3, 0.4) is 0 Å². The van der Waals surface area contributed by atoms with Gasteiger partial charge in [-0.15, -0.1) is 0 Å². The number of thioether (sulfide) groups is 1. The van der Waals surface area contributed by atoms with Crippen LogP contribution >= 0.6 is 11.8 Å². The summed E-state index contributed by atoms with van der Waals surface area (Å²) in [6.07, 6.45) is 3.40. The fraction of sp³-hybridized carbons (Fsp3) is 1.00. The highest BCUT2D eigenvalue weighted by Crippen LogP contribution is 2.12. The van der Waals surface area contributed by atoms with E-state index in [-0.39, 0.29) is 0 Å². The monoisotopic (exact) mass is 189 g/mol. The predicted octanol–water partition coefficient (Wildman–Crippen LogP) is 2.76. The van der Waals surface area contributed by atoms with E-state index in [2.05, 4.69) is 39.3 Å². The van der Waals surface area contributed by atoms with Crippen molar-refractivity contribution in [1.29, 1.82) is 0 Å². The van der Waals surface area contributed by atoms with Crippen molar-refractivity contribution in [2.45, 2.75) is 40.2 Å². The molecule has 0 saturated heterocycles. The largest absolute Gasteiger partial charge is 0.313 e. The molecule has 1 N–H and O–H groups in total. The van der Waals surface area contributed by atoms with Crippen LogP contribution in [0.2, 0.25) is 0 Å². The highest BCUT2D eigenvalue weighted by Gasteiger charge is 2.12. The van der Waals surface area contributed by atoms with Crippen molar-refractivity contribution < 1.29 is 0 Å². The topological polar surface area (TPSA) is 12.0 Å². The van der Waals surface area contributed by atoms with Gasteiger partial charge in [-0.2, -0.15) is 11.8 Å². The molecule has 0 aliphatic rings. The number of hydrogen-bond acceptors (Lipinski definition) is 2. The van der Waals surface area contributed by atoms with E-state index in [9.17, 15) is 0 Å². The first-order valence-electron chi connectivity index (χ1n) is 4.72. The molecule has 0 aliphatic heterocycles. The summed E-state index contributed by atoms with van der Waals surface area (Å²) >= 11 is 1.92. The van der Waals surface area contributed by atoms with E-state index in [0.717, 1.165) is 6.54 Å². The molecule has 1 unspecified atom stereocenters. The minimum Gasteiger partial charge on any atom is -0.313 e. The van der Waals surface area contributed by atoms with Crippen molar-refractivity contribution in [3.05, 3.63) is 0 Å². The maximum Gasteiger partial charge on any atom is 0.0155 e. The van der Waals surface area contributed by atoms with Crippen molar-refractivity contribution in [3.63, 3.8) is 0 Å². The van der Waals surface area contributed by atoms with E-state index < -0.39 is 0 Å². The summed E-state index contributed by atoms with van der Waals surface area (Å²) in [5.74, 6) is 1.23. The summed E-state index contributed by atoms with van der Waals surface area (Å²) in [6, 6.07) is 0.694. The van der Waals surface area contributed by atoms with Crippen molar-refractivity contribution in [2.24, 2.45) is 5.41 Å². The minimum absolute atomic E-state index is 0.409.